The van der Waals surface area contributed by atoms with Crippen molar-refractivity contribution in [1.29, 1.82) is 0 Å². The van der Waals surface area contributed by atoms with Gasteiger partial charge in [-0.1, -0.05) is 59.6 Å². The second-order valence-corrected chi connectivity index (χ2v) is 10.6. The Morgan fingerprint density at radius 2 is 1.70 bits per heavy atom. The van der Waals surface area contributed by atoms with Crippen LogP contribution >= 0.6 is 35.0 Å². The Morgan fingerprint density at radius 1 is 1.00 bits per heavy atom. The van der Waals surface area contributed by atoms with Gasteiger partial charge in [-0.3, -0.25) is 4.79 Å². The minimum atomic E-state index is -4.17. The fourth-order valence-electron chi connectivity index (χ4n) is 3.56. The molecule has 0 amide bonds. The number of sulfonamides is 1. The number of rotatable bonds is 7. The topological polar surface area (TPSA) is 90.5 Å². The number of benzene rings is 3. The van der Waals surface area contributed by atoms with E-state index in [2.05, 4.69) is 4.98 Å². The van der Waals surface area contributed by atoms with Crippen LogP contribution in [0.4, 0.5) is 0 Å². The van der Waals surface area contributed by atoms with Gasteiger partial charge >= 0.3 is 5.97 Å². The SMILES string of the molecule is O=C(O)Cc1c(-c2ccc(Cl)c(S(=O)(=O)N(Cl)Cc3ccc(Cl)cc3)c2)[nH]c2ccccc12. The third kappa shape index (κ3) is 4.88. The molecule has 0 spiro atoms. The van der Waals surface area contributed by atoms with Crippen LogP contribution in [0.15, 0.2) is 71.6 Å². The average molecular weight is 524 g/mol. The van der Waals surface area contributed by atoms with E-state index in [1.165, 1.54) is 12.1 Å². The van der Waals surface area contributed by atoms with Crippen molar-refractivity contribution in [3.05, 3.63) is 87.9 Å². The Labute approximate surface area is 205 Å². The third-order valence-corrected chi connectivity index (χ3v) is 8.02. The quantitative estimate of drug-likeness (QED) is 0.286. The first-order valence-corrected chi connectivity index (χ1v) is 12.2. The van der Waals surface area contributed by atoms with Crippen LogP contribution in [-0.4, -0.2) is 28.3 Å². The molecular formula is C23H17Cl3N2O4S. The van der Waals surface area contributed by atoms with Crippen LogP contribution in [0.5, 0.6) is 0 Å². The van der Waals surface area contributed by atoms with Crippen molar-refractivity contribution in [2.75, 3.05) is 0 Å². The third-order valence-electron chi connectivity index (χ3n) is 5.12. The molecule has 10 heteroatoms. The zero-order chi connectivity index (χ0) is 23.8. The van der Waals surface area contributed by atoms with Crippen molar-refractivity contribution in [1.82, 2.24) is 8.81 Å². The summed E-state index contributed by atoms with van der Waals surface area (Å²) in [6, 6.07) is 18.4. The number of nitrogens with one attached hydrogen (secondary N) is 1. The summed E-state index contributed by atoms with van der Waals surface area (Å²) in [6.07, 6.45) is -0.234. The molecule has 0 saturated heterocycles. The summed E-state index contributed by atoms with van der Waals surface area (Å²) in [7, 11) is -4.17. The summed E-state index contributed by atoms with van der Waals surface area (Å²) in [4.78, 5) is 14.5. The van der Waals surface area contributed by atoms with Crippen LogP contribution in [0, 0.1) is 0 Å². The van der Waals surface area contributed by atoms with E-state index in [9.17, 15) is 18.3 Å². The number of hydrogen-bond donors (Lipinski definition) is 2. The number of aromatic amines is 1. The summed E-state index contributed by atoms with van der Waals surface area (Å²) >= 11 is 18.3. The molecule has 0 atom stereocenters. The molecule has 1 heterocycles. The van der Waals surface area contributed by atoms with Crippen molar-refractivity contribution >= 4 is 61.9 Å². The van der Waals surface area contributed by atoms with Gasteiger partial charge in [0.2, 0.25) is 0 Å². The predicted molar refractivity (Wildman–Crippen MR) is 130 cm³/mol. The van der Waals surface area contributed by atoms with Crippen LogP contribution in [0.1, 0.15) is 11.1 Å². The maximum absolute atomic E-state index is 13.2. The van der Waals surface area contributed by atoms with Crippen LogP contribution in [0.3, 0.4) is 0 Å². The monoisotopic (exact) mass is 522 g/mol. The normalized spacial score (nSPS) is 11.9. The van der Waals surface area contributed by atoms with Crippen molar-refractivity contribution in [3.8, 4) is 11.3 Å². The van der Waals surface area contributed by atoms with Crippen molar-refractivity contribution in [2.24, 2.45) is 0 Å². The van der Waals surface area contributed by atoms with Gasteiger partial charge in [-0.2, -0.15) is 0 Å². The van der Waals surface area contributed by atoms with Crippen molar-refractivity contribution in [3.63, 3.8) is 0 Å². The van der Waals surface area contributed by atoms with Gasteiger partial charge in [0.05, 0.1) is 23.7 Å². The summed E-state index contributed by atoms with van der Waals surface area (Å²) in [5.74, 6) is -1.00. The van der Waals surface area contributed by atoms with E-state index in [-0.39, 0.29) is 22.9 Å². The lowest BCUT2D eigenvalue weighted by molar-refractivity contribution is -0.136. The van der Waals surface area contributed by atoms with Gasteiger partial charge < -0.3 is 10.1 Å². The van der Waals surface area contributed by atoms with Crippen molar-refractivity contribution < 1.29 is 18.3 Å². The minimum absolute atomic E-state index is 0.00333. The van der Waals surface area contributed by atoms with Crippen molar-refractivity contribution in [2.45, 2.75) is 17.9 Å². The van der Waals surface area contributed by atoms with E-state index in [1.54, 1.807) is 30.3 Å². The number of aromatic nitrogens is 1. The first-order chi connectivity index (χ1) is 15.7. The first kappa shape index (κ1) is 23.6. The Bertz CT molecular complexity index is 1450. The highest BCUT2D eigenvalue weighted by Gasteiger charge is 2.27. The lowest BCUT2D eigenvalue weighted by atomic mass is 10.0. The summed E-state index contributed by atoms with van der Waals surface area (Å²) in [5, 5.41) is 10.7. The molecule has 4 rings (SSSR count). The van der Waals surface area contributed by atoms with Crippen LogP contribution in [0.25, 0.3) is 22.2 Å². The average Bonchev–Trinajstić information content (AvgIpc) is 3.13. The second kappa shape index (κ2) is 9.37. The van der Waals surface area contributed by atoms with E-state index in [1.807, 2.05) is 24.3 Å². The van der Waals surface area contributed by atoms with Gasteiger partial charge in [0.25, 0.3) is 10.0 Å². The molecule has 0 aliphatic carbocycles. The number of carboxylic acids is 1. The summed E-state index contributed by atoms with van der Waals surface area (Å²) in [6.45, 7) is -0.0989. The number of halogens is 3. The highest BCUT2D eigenvalue weighted by molar-refractivity contribution is 7.90. The molecule has 0 fully saturated rings. The first-order valence-electron chi connectivity index (χ1n) is 9.71. The summed E-state index contributed by atoms with van der Waals surface area (Å²) in [5.41, 5.74) is 2.91. The molecule has 33 heavy (non-hydrogen) atoms. The minimum Gasteiger partial charge on any atom is -0.481 e. The lowest BCUT2D eigenvalue weighted by Crippen LogP contribution is -2.22. The van der Waals surface area contributed by atoms with E-state index >= 15 is 0 Å². The van der Waals surface area contributed by atoms with Crippen LogP contribution in [-0.2, 0) is 27.8 Å². The Kier molecular flexibility index (Phi) is 6.70. The lowest BCUT2D eigenvalue weighted by Gasteiger charge is -2.16. The molecule has 0 unspecified atom stereocenters. The molecule has 1 aromatic heterocycles. The van der Waals surface area contributed by atoms with Gasteiger partial charge in [0.1, 0.15) is 4.90 Å². The molecular weight excluding hydrogens is 507 g/mol. The Balaban J connectivity index is 1.77. The molecule has 0 radical (unpaired) electrons. The van der Waals surface area contributed by atoms with Gasteiger partial charge in [0, 0.05) is 15.9 Å². The number of H-pyrrole nitrogens is 1. The number of nitrogens with zero attached hydrogens (tertiary/aromatic N) is 1. The van der Waals surface area contributed by atoms with E-state index in [0.717, 1.165) is 10.9 Å². The number of carbonyl (C=O) groups is 1. The zero-order valence-corrected chi connectivity index (χ0v) is 20.0. The fourth-order valence-corrected chi connectivity index (χ4v) is 5.58. The molecule has 0 aliphatic rings. The molecule has 170 valence electrons. The largest absolute Gasteiger partial charge is 0.481 e. The van der Waals surface area contributed by atoms with E-state index < -0.39 is 16.0 Å². The van der Waals surface area contributed by atoms with Crippen LogP contribution < -0.4 is 0 Å². The standard InChI is InChI=1S/C23H17Cl3N2O4S/c24-16-8-5-14(6-9-16)13-28(26)33(31,32)21-11-15(7-10-19(21)25)23-18(12-22(29)30)17-3-1-2-4-20(17)27-23/h1-11,27H,12-13H2,(H,29,30). The molecule has 0 bridgehead atoms. The van der Waals surface area contributed by atoms with E-state index in [4.69, 9.17) is 35.0 Å². The van der Waals surface area contributed by atoms with E-state index in [0.29, 0.717) is 31.2 Å². The Morgan fingerprint density at radius 3 is 2.39 bits per heavy atom. The highest BCUT2D eigenvalue weighted by atomic mass is 35.5. The van der Waals surface area contributed by atoms with Gasteiger partial charge in [0.15, 0.2) is 0 Å². The Hall–Kier alpha value is -2.55. The molecule has 2 N–H and O–H groups in total. The highest BCUT2D eigenvalue weighted by Crippen LogP contribution is 2.35. The predicted octanol–water partition coefficient (Wildman–Crippen LogP) is 6.11. The van der Waals surface area contributed by atoms with Gasteiger partial charge in [-0.15, -0.1) is 3.82 Å². The summed E-state index contributed by atoms with van der Waals surface area (Å²) < 4.78 is 27.1. The van der Waals surface area contributed by atoms with Gasteiger partial charge in [-0.25, -0.2) is 8.42 Å². The fraction of sp³-hybridized carbons (Fsp3) is 0.0870. The maximum atomic E-state index is 13.2. The van der Waals surface area contributed by atoms with Gasteiger partial charge in [-0.05, 0) is 58.8 Å². The zero-order valence-electron chi connectivity index (χ0n) is 16.9. The number of carboxylic acid groups (broad SMARTS) is 1. The smallest absolute Gasteiger partial charge is 0.307 e. The number of hydrogen-bond acceptors (Lipinski definition) is 3. The molecule has 6 nitrogen and oxygen atoms in total. The number of fused-ring (bicyclic) bond motifs is 1. The number of para-hydroxylation sites is 1. The van der Waals surface area contributed by atoms with Crippen LogP contribution in [0.2, 0.25) is 10.0 Å². The number of aliphatic carboxylic acids is 1. The molecule has 0 aliphatic heterocycles. The molecule has 3 aromatic carbocycles. The maximum Gasteiger partial charge on any atom is 0.307 e. The second-order valence-electron chi connectivity index (χ2n) is 7.32. The molecule has 0 saturated carbocycles. The molecule has 4 aromatic rings.